The highest BCUT2D eigenvalue weighted by Gasteiger charge is 2.34. The number of hydrogen-bond donors (Lipinski definition) is 2. The lowest BCUT2D eigenvalue weighted by molar-refractivity contribution is -0.132. The molecule has 4 aromatic carbocycles. The second-order valence-electron chi connectivity index (χ2n) is 16.2. The zero-order valence-corrected chi connectivity index (χ0v) is 33.5. The van der Waals surface area contributed by atoms with Gasteiger partial charge in [-0.1, -0.05) is 145 Å². The standard InChI is InChI=1S/C47H57N3O3.C2H4/c1-5-43(51)42(32-33-14-8-6-9-15-33)49-46(53)44(37-16-10-7-11-17-37)50-30-28-35(29-31-50)34-22-26-39(27-23-34)48-45(52)41-19-13-12-18-40(41)36-20-24-38(25-21-36)47(2,3)4;1-2/h7,10-13,16-27,33,35,42,44H,5-6,8-9,14-15,28-32H2,1-4H3,(H,48,52)(H,49,53);1-2H2. The zero-order chi connectivity index (χ0) is 39.4. The van der Waals surface area contributed by atoms with Gasteiger partial charge in [0.1, 0.15) is 6.04 Å². The van der Waals surface area contributed by atoms with Crippen molar-refractivity contribution in [2.45, 2.75) is 109 Å². The van der Waals surface area contributed by atoms with Crippen molar-refractivity contribution in [2.75, 3.05) is 18.4 Å². The van der Waals surface area contributed by atoms with E-state index in [2.05, 4.69) is 85.9 Å². The van der Waals surface area contributed by atoms with Crippen LogP contribution in [0.5, 0.6) is 0 Å². The summed E-state index contributed by atoms with van der Waals surface area (Å²) in [6.45, 7) is 16.1. The summed E-state index contributed by atoms with van der Waals surface area (Å²) in [7, 11) is 0. The van der Waals surface area contributed by atoms with Crippen molar-refractivity contribution in [3.8, 4) is 11.1 Å². The fourth-order valence-electron chi connectivity index (χ4n) is 8.30. The van der Waals surface area contributed by atoms with Crippen LogP contribution in [0.25, 0.3) is 11.1 Å². The summed E-state index contributed by atoms with van der Waals surface area (Å²) in [6, 6.07) is 33.7. The van der Waals surface area contributed by atoms with Crippen molar-refractivity contribution in [3.63, 3.8) is 0 Å². The van der Waals surface area contributed by atoms with Crippen molar-refractivity contribution in [1.82, 2.24) is 10.2 Å². The van der Waals surface area contributed by atoms with Gasteiger partial charge >= 0.3 is 0 Å². The third-order valence-electron chi connectivity index (χ3n) is 11.5. The number of likely N-dealkylation sites (tertiary alicyclic amines) is 1. The van der Waals surface area contributed by atoms with E-state index in [1.54, 1.807) is 0 Å². The molecule has 2 amide bonds. The summed E-state index contributed by atoms with van der Waals surface area (Å²) in [6.07, 6.45) is 9.01. The van der Waals surface area contributed by atoms with Gasteiger partial charge in [0.2, 0.25) is 5.91 Å². The highest BCUT2D eigenvalue weighted by atomic mass is 16.2. The van der Waals surface area contributed by atoms with Crippen LogP contribution in [0.2, 0.25) is 0 Å². The summed E-state index contributed by atoms with van der Waals surface area (Å²) in [5.74, 6) is 0.786. The molecular formula is C49H61N3O3. The molecule has 0 spiro atoms. The molecule has 1 aliphatic heterocycles. The Kier molecular flexibility index (Phi) is 14.8. The molecule has 2 atom stereocenters. The third-order valence-corrected chi connectivity index (χ3v) is 11.5. The van der Waals surface area contributed by atoms with E-state index >= 15 is 0 Å². The normalized spacial score (nSPS) is 16.6. The van der Waals surface area contributed by atoms with Gasteiger partial charge in [-0.25, -0.2) is 0 Å². The minimum Gasteiger partial charge on any atom is -0.345 e. The number of Topliss-reactive ketones (excluding diaryl/α,β-unsaturated/α-hetero) is 1. The Morgan fingerprint density at radius 2 is 1.38 bits per heavy atom. The maximum absolute atomic E-state index is 14.1. The monoisotopic (exact) mass is 739 g/mol. The number of piperidine rings is 1. The third kappa shape index (κ3) is 10.9. The Labute approximate surface area is 329 Å². The van der Waals surface area contributed by atoms with Crippen molar-refractivity contribution in [3.05, 3.63) is 139 Å². The number of nitrogens with one attached hydrogen (secondary N) is 2. The van der Waals surface area contributed by atoms with Gasteiger partial charge < -0.3 is 10.6 Å². The average molecular weight is 740 g/mol. The van der Waals surface area contributed by atoms with Crippen LogP contribution in [0.15, 0.2) is 116 Å². The van der Waals surface area contributed by atoms with E-state index in [0.717, 1.165) is 67.6 Å². The maximum atomic E-state index is 14.1. The number of ketones is 1. The van der Waals surface area contributed by atoms with E-state index in [1.807, 2.05) is 73.7 Å². The summed E-state index contributed by atoms with van der Waals surface area (Å²) in [5, 5.41) is 6.37. The van der Waals surface area contributed by atoms with E-state index in [-0.39, 0.29) is 23.0 Å². The van der Waals surface area contributed by atoms with Crippen molar-refractivity contribution in [1.29, 1.82) is 0 Å². The Bertz CT molecular complexity index is 1830. The summed E-state index contributed by atoms with van der Waals surface area (Å²) in [4.78, 5) is 43.0. The van der Waals surface area contributed by atoms with Crippen LogP contribution in [0, 0.1) is 5.92 Å². The van der Waals surface area contributed by atoms with Crippen LogP contribution in [0.1, 0.15) is 124 Å². The molecule has 1 heterocycles. The van der Waals surface area contributed by atoms with Crippen LogP contribution < -0.4 is 10.6 Å². The molecule has 2 fully saturated rings. The van der Waals surface area contributed by atoms with Crippen LogP contribution in [0.4, 0.5) is 5.69 Å². The molecule has 0 aromatic heterocycles. The zero-order valence-electron chi connectivity index (χ0n) is 33.5. The van der Waals surface area contributed by atoms with Crippen LogP contribution in [-0.4, -0.2) is 41.6 Å². The van der Waals surface area contributed by atoms with E-state index in [4.69, 9.17) is 0 Å². The van der Waals surface area contributed by atoms with Crippen molar-refractivity contribution >= 4 is 23.3 Å². The van der Waals surface area contributed by atoms with Gasteiger partial charge in [0.25, 0.3) is 5.91 Å². The lowest BCUT2D eigenvalue weighted by Gasteiger charge is -2.38. The van der Waals surface area contributed by atoms with Crippen LogP contribution in [0.3, 0.4) is 0 Å². The molecule has 2 N–H and O–H groups in total. The van der Waals surface area contributed by atoms with E-state index in [9.17, 15) is 14.4 Å². The number of nitrogens with zero attached hydrogens (tertiary/aromatic N) is 1. The van der Waals surface area contributed by atoms with Gasteiger partial charge in [-0.2, -0.15) is 0 Å². The molecule has 0 radical (unpaired) electrons. The second kappa shape index (κ2) is 19.7. The van der Waals surface area contributed by atoms with E-state index < -0.39 is 12.1 Å². The predicted octanol–water partition coefficient (Wildman–Crippen LogP) is 11.1. The molecule has 4 aromatic rings. The molecule has 6 nitrogen and oxygen atoms in total. The van der Waals surface area contributed by atoms with Gasteiger partial charge in [-0.05, 0) is 95.6 Å². The van der Waals surface area contributed by atoms with Gasteiger partial charge in [-0.15, -0.1) is 13.2 Å². The fourth-order valence-corrected chi connectivity index (χ4v) is 8.30. The molecule has 2 unspecified atom stereocenters. The van der Waals surface area contributed by atoms with Crippen molar-refractivity contribution in [2.24, 2.45) is 5.92 Å². The lowest BCUT2D eigenvalue weighted by atomic mass is 9.83. The van der Waals surface area contributed by atoms with Gasteiger partial charge in [0.05, 0.1) is 6.04 Å². The highest BCUT2D eigenvalue weighted by molar-refractivity contribution is 6.08. The quantitative estimate of drug-likeness (QED) is 0.142. The number of anilines is 1. The average Bonchev–Trinajstić information content (AvgIpc) is 3.22. The fraction of sp³-hybridized carbons (Fsp3) is 0.408. The van der Waals surface area contributed by atoms with E-state index in [0.29, 0.717) is 23.8 Å². The molecule has 6 rings (SSSR count). The Morgan fingerprint density at radius 3 is 2.00 bits per heavy atom. The number of carbonyl (C=O) groups is 3. The number of benzene rings is 4. The number of hydrogen-bond acceptors (Lipinski definition) is 4. The summed E-state index contributed by atoms with van der Waals surface area (Å²) in [5.41, 5.74) is 6.86. The predicted molar refractivity (Wildman–Crippen MR) is 227 cm³/mol. The molecule has 1 aliphatic carbocycles. The highest BCUT2D eigenvalue weighted by Crippen LogP contribution is 2.35. The molecule has 290 valence electrons. The maximum Gasteiger partial charge on any atom is 0.256 e. The molecule has 6 heteroatoms. The summed E-state index contributed by atoms with van der Waals surface area (Å²) >= 11 is 0. The molecule has 55 heavy (non-hydrogen) atoms. The largest absolute Gasteiger partial charge is 0.345 e. The van der Waals surface area contributed by atoms with E-state index in [1.165, 1.54) is 30.4 Å². The van der Waals surface area contributed by atoms with Crippen LogP contribution >= 0.6 is 0 Å². The topological polar surface area (TPSA) is 78.5 Å². The Morgan fingerprint density at radius 1 is 0.764 bits per heavy atom. The number of amides is 2. The molecular weight excluding hydrogens is 679 g/mol. The minimum atomic E-state index is -0.437. The number of carbonyl (C=O) groups excluding carboxylic acids is 3. The smallest absolute Gasteiger partial charge is 0.256 e. The molecule has 2 aliphatic rings. The first-order valence-electron chi connectivity index (χ1n) is 20.3. The van der Waals surface area contributed by atoms with Gasteiger partial charge in [0, 0.05) is 17.7 Å². The molecule has 1 saturated heterocycles. The lowest BCUT2D eigenvalue weighted by Crippen LogP contribution is -2.49. The SMILES string of the molecule is C=C.CCC(=O)C(CC1CCCCC1)NC(=O)C(c1ccccc1)N1CCC(c2ccc(NC(=O)c3ccccc3-c3ccc(C(C)(C)C)cc3)cc2)CC1. The number of rotatable bonds is 12. The van der Waals surface area contributed by atoms with Gasteiger partial charge in [-0.3, -0.25) is 19.3 Å². The molecule has 0 bridgehead atoms. The second-order valence-corrected chi connectivity index (χ2v) is 16.2. The summed E-state index contributed by atoms with van der Waals surface area (Å²) < 4.78 is 0. The van der Waals surface area contributed by atoms with Gasteiger partial charge in [0.15, 0.2) is 5.78 Å². The first-order chi connectivity index (χ1) is 26.6. The van der Waals surface area contributed by atoms with Crippen LogP contribution in [-0.2, 0) is 15.0 Å². The van der Waals surface area contributed by atoms with Crippen molar-refractivity contribution < 1.29 is 14.4 Å². The first-order valence-corrected chi connectivity index (χ1v) is 20.3. The molecule has 1 saturated carbocycles. The first kappa shape index (κ1) is 41.4. The Balaban J connectivity index is 0.00000285. The minimum absolute atomic E-state index is 0.0634. The Hall–Kier alpha value is -4.81.